The first-order chi connectivity index (χ1) is 15.6. The van der Waals surface area contributed by atoms with Crippen molar-refractivity contribution in [3.05, 3.63) is 76.8 Å². The summed E-state index contributed by atoms with van der Waals surface area (Å²) < 4.78 is 12.5. The van der Waals surface area contributed by atoms with Crippen molar-refractivity contribution in [1.82, 2.24) is 14.9 Å². The number of fused-ring (bicyclic) bond motifs is 2. The topological polar surface area (TPSA) is 82.5 Å². The molecular formula is C24H21N3O4S. The van der Waals surface area contributed by atoms with Gasteiger partial charge in [0, 0.05) is 4.88 Å². The van der Waals surface area contributed by atoms with Crippen molar-refractivity contribution in [2.45, 2.75) is 19.5 Å². The lowest BCUT2D eigenvalue weighted by Gasteiger charge is -2.21. The van der Waals surface area contributed by atoms with Crippen molar-refractivity contribution < 1.29 is 14.3 Å². The largest absolute Gasteiger partial charge is 0.486 e. The molecular weight excluding hydrogens is 426 g/mol. The number of benzene rings is 2. The van der Waals surface area contributed by atoms with Crippen LogP contribution in [0.4, 0.5) is 0 Å². The Morgan fingerprint density at radius 2 is 1.91 bits per heavy atom. The van der Waals surface area contributed by atoms with Crippen LogP contribution in [0.15, 0.2) is 65.7 Å². The Hall–Kier alpha value is -3.65. The maximum Gasteiger partial charge on any atom is 0.262 e. The second-order valence-electron chi connectivity index (χ2n) is 7.57. The minimum Gasteiger partial charge on any atom is -0.486 e. The van der Waals surface area contributed by atoms with E-state index in [1.807, 2.05) is 61.5 Å². The smallest absolute Gasteiger partial charge is 0.262 e. The lowest BCUT2D eigenvalue weighted by Crippen LogP contribution is -2.33. The highest BCUT2D eigenvalue weighted by Gasteiger charge is 2.17. The van der Waals surface area contributed by atoms with Crippen molar-refractivity contribution in [3.8, 4) is 21.9 Å². The SMILES string of the molecule is C[C@H](NC(=O)Cn1cnc2sc(-c3ccccc3)cc2c1=O)c1ccc2c(c1)OCCO2. The van der Waals surface area contributed by atoms with Gasteiger partial charge in [-0.2, -0.15) is 0 Å². The number of hydrogen-bond acceptors (Lipinski definition) is 6. The van der Waals surface area contributed by atoms with Gasteiger partial charge in [-0.3, -0.25) is 14.2 Å². The van der Waals surface area contributed by atoms with Crippen LogP contribution in [0.2, 0.25) is 0 Å². The van der Waals surface area contributed by atoms with Gasteiger partial charge in [-0.05, 0) is 36.2 Å². The number of nitrogens with one attached hydrogen (secondary N) is 1. The third-order valence-corrected chi connectivity index (χ3v) is 6.43. The zero-order chi connectivity index (χ0) is 22.1. The van der Waals surface area contributed by atoms with Crippen LogP contribution in [0, 0.1) is 0 Å². The number of nitrogens with zero attached hydrogens (tertiary/aromatic N) is 2. The van der Waals surface area contributed by atoms with Gasteiger partial charge in [-0.15, -0.1) is 11.3 Å². The summed E-state index contributed by atoms with van der Waals surface area (Å²) >= 11 is 1.46. The Bertz CT molecular complexity index is 1350. The van der Waals surface area contributed by atoms with Gasteiger partial charge in [-0.25, -0.2) is 4.98 Å². The zero-order valence-corrected chi connectivity index (χ0v) is 18.2. The van der Waals surface area contributed by atoms with E-state index in [1.54, 1.807) is 0 Å². The fourth-order valence-corrected chi connectivity index (χ4v) is 4.67. The van der Waals surface area contributed by atoms with Crippen LogP contribution in [0.3, 0.4) is 0 Å². The molecule has 0 bridgehead atoms. The lowest BCUT2D eigenvalue weighted by atomic mass is 10.1. The molecule has 0 radical (unpaired) electrons. The molecule has 4 aromatic rings. The molecule has 2 aromatic carbocycles. The lowest BCUT2D eigenvalue weighted by molar-refractivity contribution is -0.122. The molecule has 0 fully saturated rings. The van der Waals surface area contributed by atoms with Crippen LogP contribution in [0.1, 0.15) is 18.5 Å². The highest BCUT2D eigenvalue weighted by atomic mass is 32.1. The van der Waals surface area contributed by atoms with E-state index >= 15 is 0 Å². The van der Waals surface area contributed by atoms with Crippen LogP contribution in [0.5, 0.6) is 11.5 Å². The summed E-state index contributed by atoms with van der Waals surface area (Å²) in [6.45, 7) is 2.82. The standard InChI is InChI=1S/C24H21N3O4S/c1-15(17-7-8-19-20(11-17)31-10-9-30-19)26-22(28)13-27-14-25-23-18(24(27)29)12-21(32-23)16-5-3-2-4-6-16/h2-8,11-12,14-15H,9-10,13H2,1H3,(H,26,28)/t15-/m0/s1. The van der Waals surface area contributed by atoms with E-state index in [2.05, 4.69) is 10.3 Å². The summed E-state index contributed by atoms with van der Waals surface area (Å²) in [5, 5.41) is 3.46. The van der Waals surface area contributed by atoms with Gasteiger partial charge in [0.1, 0.15) is 24.6 Å². The number of thiophene rings is 1. The number of carbonyl (C=O) groups excluding carboxylic acids is 1. The van der Waals surface area contributed by atoms with E-state index < -0.39 is 0 Å². The van der Waals surface area contributed by atoms with E-state index in [0.717, 1.165) is 16.0 Å². The van der Waals surface area contributed by atoms with Crippen LogP contribution < -0.4 is 20.3 Å². The highest BCUT2D eigenvalue weighted by Crippen LogP contribution is 2.33. The van der Waals surface area contributed by atoms with Crippen molar-refractivity contribution in [2.75, 3.05) is 13.2 Å². The Morgan fingerprint density at radius 1 is 1.12 bits per heavy atom. The second kappa shape index (κ2) is 8.47. The third kappa shape index (κ3) is 3.97. The molecule has 162 valence electrons. The summed E-state index contributed by atoms with van der Waals surface area (Å²) in [4.78, 5) is 31.6. The summed E-state index contributed by atoms with van der Waals surface area (Å²) in [6.07, 6.45) is 1.43. The Labute approximate surface area is 188 Å². The minimum atomic E-state index is -0.269. The average Bonchev–Trinajstić information content (AvgIpc) is 3.26. The Morgan fingerprint density at radius 3 is 2.72 bits per heavy atom. The summed E-state index contributed by atoms with van der Waals surface area (Å²) in [5.41, 5.74) is 1.71. The quantitative estimate of drug-likeness (QED) is 0.504. The number of carbonyl (C=O) groups is 1. The number of rotatable bonds is 5. The third-order valence-electron chi connectivity index (χ3n) is 5.33. The predicted molar refractivity (Wildman–Crippen MR) is 123 cm³/mol. The Kier molecular flexibility index (Phi) is 5.36. The van der Waals surface area contributed by atoms with Gasteiger partial charge in [0.2, 0.25) is 5.91 Å². The number of ether oxygens (including phenoxy) is 2. The van der Waals surface area contributed by atoms with E-state index in [-0.39, 0.29) is 24.1 Å². The molecule has 1 aliphatic heterocycles. The van der Waals surface area contributed by atoms with Crippen LogP contribution in [-0.4, -0.2) is 28.7 Å². The highest BCUT2D eigenvalue weighted by molar-refractivity contribution is 7.21. The van der Waals surface area contributed by atoms with Gasteiger partial charge in [0.15, 0.2) is 11.5 Å². The summed E-state index contributed by atoms with van der Waals surface area (Å²) in [7, 11) is 0. The maximum atomic E-state index is 12.9. The zero-order valence-electron chi connectivity index (χ0n) is 17.4. The molecule has 0 saturated carbocycles. The van der Waals surface area contributed by atoms with Crippen molar-refractivity contribution in [3.63, 3.8) is 0 Å². The molecule has 0 unspecified atom stereocenters. The van der Waals surface area contributed by atoms with E-state index in [9.17, 15) is 9.59 Å². The first-order valence-corrected chi connectivity index (χ1v) is 11.1. The average molecular weight is 448 g/mol. The van der Waals surface area contributed by atoms with Crippen molar-refractivity contribution in [1.29, 1.82) is 0 Å². The molecule has 0 aliphatic carbocycles. The molecule has 0 saturated heterocycles. The molecule has 7 nitrogen and oxygen atoms in total. The van der Waals surface area contributed by atoms with Crippen LogP contribution in [0.25, 0.3) is 20.7 Å². The van der Waals surface area contributed by atoms with Gasteiger partial charge >= 0.3 is 0 Å². The number of amides is 1. The monoisotopic (exact) mass is 447 g/mol. The molecule has 32 heavy (non-hydrogen) atoms. The molecule has 2 aromatic heterocycles. The number of aromatic nitrogens is 2. The van der Waals surface area contributed by atoms with Crippen LogP contribution in [-0.2, 0) is 11.3 Å². The van der Waals surface area contributed by atoms with E-state index in [0.29, 0.717) is 34.9 Å². The van der Waals surface area contributed by atoms with E-state index in [1.165, 1.54) is 22.2 Å². The van der Waals surface area contributed by atoms with Crippen LogP contribution >= 0.6 is 11.3 Å². The first kappa shape index (κ1) is 20.3. The summed E-state index contributed by atoms with van der Waals surface area (Å²) in [6, 6.07) is 17.1. The predicted octanol–water partition coefficient (Wildman–Crippen LogP) is 3.77. The normalized spacial score (nSPS) is 13.7. The van der Waals surface area contributed by atoms with E-state index in [4.69, 9.17) is 9.47 Å². The van der Waals surface area contributed by atoms with Crippen molar-refractivity contribution >= 4 is 27.5 Å². The molecule has 0 spiro atoms. The number of hydrogen-bond donors (Lipinski definition) is 1. The fraction of sp³-hybridized carbons (Fsp3) is 0.208. The van der Waals surface area contributed by atoms with Gasteiger partial charge in [0.25, 0.3) is 5.56 Å². The summed E-state index contributed by atoms with van der Waals surface area (Å²) in [5.74, 6) is 1.11. The second-order valence-corrected chi connectivity index (χ2v) is 8.60. The first-order valence-electron chi connectivity index (χ1n) is 10.3. The molecule has 1 atom stereocenters. The van der Waals surface area contributed by atoms with Gasteiger partial charge in [-0.1, -0.05) is 36.4 Å². The molecule has 5 rings (SSSR count). The molecule has 8 heteroatoms. The van der Waals surface area contributed by atoms with Crippen molar-refractivity contribution in [2.24, 2.45) is 0 Å². The minimum absolute atomic E-state index is 0.104. The molecule has 3 heterocycles. The molecule has 1 N–H and O–H groups in total. The maximum absolute atomic E-state index is 12.9. The van der Waals surface area contributed by atoms with Gasteiger partial charge < -0.3 is 14.8 Å². The molecule has 1 aliphatic rings. The fourth-order valence-electron chi connectivity index (χ4n) is 3.67. The Balaban J connectivity index is 1.32. The molecule has 1 amide bonds. The van der Waals surface area contributed by atoms with Gasteiger partial charge in [0.05, 0.1) is 17.8 Å².